The van der Waals surface area contributed by atoms with E-state index in [1.165, 1.54) is 0 Å². The fraction of sp³-hybridized carbons (Fsp3) is 0.538. The summed E-state index contributed by atoms with van der Waals surface area (Å²) in [4.78, 5) is 0. The molecule has 1 heterocycles. The van der Waals surface area contributed by atoms with E-state index in [1.54, 1.807) is 0 Å². The van der Waals surface area contributed by atoms with E-state index in [0.29, 0.717) is 13.2 Å². The van der Waals surface area contributed by atoms with Gasteiger partial charge in [-0.3, -0.25) is 0 Å². The SMILES string of the molecule is CC(C)c1c(C(O)CN)cc(Br)c2c1OCCO2. The van der Waals surface area contributed by atoms with Gasteiger partial charge in [0.05, 0.1) is 10.6 Å². The highest BCUT2D eigenvalue weighted by Crippen LogP contribution is 2.46. The molecule has 1 aromatic rings. The van der Waals surface area contributed by atoms with E-state index in [0.717, 1.165) is 27.1 Å². The summed E-state index contributed by atoms with van der Waals surface area (Å²) in [5, 5.41) is 10.0. The van der Waals surface area contributed by atoms with Crippen LogP contribution >= 0.6 is 15.9 Å². The highest BCUT2D eigenvalue weighted by molar-refractivity contribution is 9.10. The van der Waals surface area contributed by atoms with E-state index in [9.17, 15) is 5.11 Å². The Bertz CT molecular complexity index is 448. The Kier molecular flexibility index (Phi) is 4.14. The molecule has 0 amide bonds. The minimum absolute atomic E-state index is 0.186. The molecule has 3 N–H and O–H groups in total. The van der Waals surface area contributed by atoms with Gasteiger partial charge in [-0.15, -0.1) is 0 Å². The van der Waals surface area contributed by atoms with Gasteiger partial charge < -0.3 is 20.3 Å². The maximum atomic E-state index is 10.0. The van der Waals surface area contributed by atoms with Crippen LogP contribution in [0.15, 0.2) is 10.5 Å². The first-order valence-electron chi connectivity index (χ1n) is 6.06. The summed E-state index contributed by atoms with van der Waals surface area (Å²) in [6.45, 7) is 5.39. The number of aliphatic hydroxyl groups excluding tert-OH is 1. The van der Waals surface area contributed by atoms with Crippen molar-refractivity contribution in [1.82, 2.24) is 0 Å². The summed E-state index contributed by atoms with van der Waals surface area (Å²) >= 11 is 3.46. The minimum atomic E-state index is -0.686. The van der Waals surface area contributed by atoms with Crippen molar-refractivity contribution in [3.8, 4) is 11.5 Å². The number of hydrogen-bond acceptors (Lipinski definition) is 4. The summed E-state index contributed by atoms with van der Waals surface area (Å²) in [5.74, 6) is 1.68. The smallest absolute Gasteiger partial charge is 0.175 e. The third-order valence-corrected chi connectivity index (χ3v) is 3.59. The molecule has 1 atom stereocenters. The summed E-state index contributed by atoms with van der Waals surface area (Å²) in [6, 6.07) is 1.88. The first-order valence-corrected chi connectivity index (χ1v) is 6.85. The number of rotatable bonds is 3. The molecular formula is C13H18BrNO3. The molecular weight excluding hydrogens is 298 g/mol. The zero-order valence-electron chi connectivity index (χ0n) is 10.6. The average Bonchev–Trinajstić information content (AvgIpc) is 2.37. The Balaban J connectivity index is 2.63. The molecule has 0 bridgehead atoms. The van der Waals surface area contributed by atoms with E-state index in [1.807, 2.05) is 6.07 Å². The van der Waals surface area contributed by atoms with Gasteiger partial charge in [-0.2, -0.15) is 0 Å². The van der Waals surface area contributed by atoms with Crippen LogP contribution in [-0.2, 0) is 0 Å². The van der Waals surface area contributed by atoms with Gasteiger partial charge in [0.25, 0.3) is 0 Å². The van der Waals surface area contributed by atoms with Crippen LogP contribution in [0, 0.1) is 0 Å². The number of nitrogens with two attached hydrogens (primary N) is 1. The molecule has 0 spiro atoms. The zero-order valence-corrected chi connectivity index (χ0v) is 12.2. The molecule has 1 aliphatic rings. The summed E-state index contributed by atoms with van der Waals surface area (Å²) in [5.41, 5.74) is 7.35. The molecule has 0 radical (unpaired) electrons. The predicted octanol–water partition coefficient (Wildman–Crippen LogP) is 2.34. The number of fused-ring (bicyclic) bond motifs is 1. The second-order valence-corrected chi connectivity index (χ2v) is 5.48. The van der Waals surface area contributed by atoms with Crippen LogP contribution in [0.3, 0.4) is 0 Å². The summed E-state index contributed by atoms with van der Waals surface area (Å²) < 4.78 is 12.1. The van der Waals surface area contributed by atoms with Crippen LogP contribution < -0.4 is 15.2 Å². The van der Waals surface area contributed by atoms with Crippen molar-refractivity contribution in [3.63, 3.8) is 0 Å². The number of ether oxygens (including phenoxy) is 2. The first-order chi connectivity index (χ1) is 8.56. The highest BCUT2D eigenvalue weighted by atomic mass is 79.9. The van der Waals surface area contributed by atoms with Crippen LogP contribution in [0.25, 0.3) is 0 Å². The van der Waals surface area contributed by atoms with Gasteiger partial charge in [0.1, 0.15) is 13.2 Å². The molecule has 100 valence electrons. The topological polar surface area (TPSA) is 64.7 Å². The Hall–Kier alpha value is -0.780. The van der Waals surface area contributed by atoms with Crippen molar-refractivity contribution in [2.24, 2.45) is 5.73 Å². The predicted molar refractivity (Wildman–Crippen MR) is 73.2 cm³/mol. The molecule has 5 heteroatoms. The number of hydrogen-bond donors (Lipinski definition) is 2. The molecule has 0 aliphatic carbocycles. The van der Waals surface area contributed by atoms with Crippen LogP contribution in [-0.4, -0.2) is 24.9 Å². The Morgan fingerprint density at radius 3 is 2.50 bits per heavy atom. The molecule has 1 aliphatic heterocycles. The summed E-state index contributed by atoms with van der Waals surface area (Å²) in [7, 11) is 0. The Morgan fingerprint density at radius 1 is 1.33 bits per heavy atom. The highest BCUT2D eigenvalue weighted by Gasteiger charge is 2.26. The van der Waals surface area contributed by atoms with E-state index in [-0.39, 0.29) is 12.5 Å². The van der Waals surface area contributed by atoms with Crippen molar-refractivity contribution in [3.05, 3.63) is 21.7 Å². The van der Waals surface area contributed by atoms with Gasteiger partial charge >= 0.3 is 0 Å². The van der Waals surface area contributed by atoms with Crippen molar-refractivity contribution in [2.45, 2.75) is 25.9 Å². The van der Waals surface area contributed by atoms with Crippen LogP contribution in [0.5, 0.6) is 11.5 Å². The molecule has 0 fully saturated rings. The standard InChI is InChI=1S/C13H18BrNO3/c1-7(2)11-8(10(16)6-15)5-9(14)12-13(11)18-4-3-17-12/h5,7,10,16H,3-4,6,15H2,1-2H3. The van der Waals surface area contributed by atoms with Crippen molar-refractivity contribution >= 4 is 15.9 Å². The van der Waals surface area contributed by atoms with E-state index in [2.05, 4.69) is 29.8 Å². The Labute approximate surface area is 115 Å². The lowest BCUT2D eigenvalue weighted by molar-refractivity contribution is 0.162. The third-order valence-electron chi connectivity index (χ3n) is 3.00. The van der Waals surface area contributed by atoms with Crippen molar-refractivity contribution < 1.29 is 14.6 Å². The maximum absolute atomic E-state index is 10.0. The maximum Gasteiger partial charge on any atom is 0.175 e. The van der Waals surface area contributed by atoms with Gasteiger partial charge in [-0.05, 0) is 33.5 Å². The molecule has 0 aromatic heterocycles. The monoisotopic (exact) mass is 315 g/mol. The van der Waals surface area contributed by atoms with E-state index in [4.69, 9.17) is 15.2 Å². The summed E-state index contributed by atoms with van der Waals surface area (Å²) in [6.07, 6.45) is -0.686. The second kappa shape index (κ2) is 5.47. The zero-order chi connectivity index (χ0) is 13.3. The third kappa shape index (κ3) is 2.35. The van der Waals surface area contributed by atoms with E-state index < -0.39 is 6.10 Å². The fourth-order valence-electron chi connectivity index (χ4n) is 2.21. The van der Waals surface area contributed by atoms with Gasteiger partial charge in [0, 0.05) is 12.1 Å². The molecule has 4 nitrogen and oxygen atoms in total. The quantitative estimate of drug-likeness (QED) is 0.898. The second-order valence-electron chi connectivity index (χ2n) is 4.62. The lowest BCUT2D eigenvalue weighted by Crippen LogP contribution is -2.20. The molecule has 2 rings (SSSR count). The fourth-order valence-corrected chi connectivity index (χ4v) is 2.75. The number of halogens is 1. The molecule has 1 aromatic carbocycles. The minimum Gasteiger partial charge on any atom is -0.486 e. The van der Waals surface area contributed by atoms with Crippen LogP contribution in [0.2, 0.25) is 0 Å². The average molecular weight is 316 g/mol. The van der Waals surface area contributed by atoms with E-state index >= 15 is 0 Å². The number of benzene rings is 1. The lowest BCUT2D eigenvalue weighted by atomic mass is 9.92. The first kappa shape index (κ1) is 13.6. The van der Waals surface area contributed by atoms with Crippen LogP contribution in [0.1, 0.15) is 37.0 Å². The van der Waals surface area contributed by atoms with Crippen molar-refractivity contribution in [2.75, 3.05) is 19.8 Å². The molecule has 0 saturated heterocycles. The number of aliphatic hydroxyl groups is 1. The van der Waals surface area contributed by atoms with Gasteiger partial charge in [-0.25, -0.2) is 0 Å². The van der Waals surface area contributed by atoms with Gasteiger partial charge in [-0.1, -0.05) is 13.8 Å². The molecule has 0 saturated carbocycles. The lowest BCUT2D eigenvalue weighted by Gasteiger charge is -2.27. The van der Waals surface area contributed by atoms with Gasteiger partial charge in [0.2, 0.25) is 0 Å². The van der Waals surface area contributed by atoms with Gasteiger partial charge in [0.15, 0.2) is 11.5 Å². The molecule has 1 unspecified atom stereocenters. The largest absolute Gasteiger partial charge is 0.486 e. The normalized spacial score (nSPS) is 15.9. The van der Waals surface area contributed by atoms with Crippen molar-refractivity contribution in [1.29, 1.82) is 0 Å². The van der Waals surface area contributed by atoms with Crippen LogP contribution in [0.4, 0.5) is 0 Å². The molecule has 18 heavy (non-hydrogen) atoms. The Morgan fingerprint density at radius 2 is 1.94 bits per heavy atom.